The van der Waals surface area contributed by atoms with E-state index in [0.717, 1.165) is 23.4 Å². The number of Topliss-reactive ketones (excluding diaryl/α,β-unsaturated/α-hetero) is 1. The summed E-state index contributed by atoms with van der Waals surface area (Å²) in [4.78, 5) is 12.3. The number of nitriles is 1. The van der Waals surface area contributed by atoms with Crippen molar-refractivity contribution in [3.8, 4) is 11.8 Å². The fourth-order valence-electron chi connectivity index (χ4n) is 2.97. The normalized spacial score (nSPS) is 16.4. The molecule has 2 aromatic rings. The van der Waals surface area contributed by atoms with E-state index in [-0.39, 0.29) is 11.2 Å². The van der Waals surface area contributed by atoms with Crippen molar-refractivity contribution in [2.75, 3.05) is 0 Å². The summed E-state index contributed by atoms with van der Waals surface area (Å²) in [6, 6.07) is 9.21. The molecular formula is C17H15ClN2O. The first-order chi connectivity index (χ1) is 9.91. The van der Waals surface area contributed by atoms with Gasteiger partial charge in [0.1, 0.15) is 6.07 Å². The molecular weight excluding hydrogens is 284 g/mol. The molecule has 0 aliphatic heterocycles. The number of carbonyl (C=O) groups excluding carboxylic acids is 1. The van der Waals surface area contributed by atoms with Crippen molar-refractivity contribution < 1.29 is 4.79 Å². The number of hydrogen-bond donors (Lipinski definition) is 0. The molecule has 1 aromatic carbocycles. The molecule has 0 saturated heterocycles. The Bertz CT molecular complexity index is 781. The van der Waals surface area contributed by atoms with Crippen LogP contribution in [0, 0.1) is 16.7 Å². The second-order valence-electron chi connectivity index (χ2n) is 6.26. The molecule has 1 aromatic heterocycles. The highest BCUT2D eigenvalue weighted by Crippen LogP contribution is 2.36. The van der Waals surface area contributed by atoms with Crippen LogP contribution in [0.4, 0.5) is 0 Å². The molecule has 0 N–H and O–H groups in total. The molecule has 3 rings (SSSR count). The molecule has 4 heteroatoms. The summed E-state index contributed by atoms with van der Waals surface area (Å²) in [5.41, 5.74) is 2.95. The minimum absolute atomic E-state index is 0.0639. The van der Waals surface area contributed by atoms with Gasteiger partial charge in [0.15, 0.2) is 5.78 Å². The van der Waals surface area contributed by atoms with Gasteiger partial charge in [0.25, 0.3) is 0 Å². The standard InChI is InChI=1S/C17H15ClN2O/c1-17(2)8-15-13(16(21)9-17)5-6-20(15)14-7-12(18)4-3-11(14)10-19/h3-7H,8-9H2,1-2H3. The topological polar surface area (TPSA) is 45.8 Å². The van der Waals surface area contributed by atoms with Crippen molar-refractivity contribution in [3.05, 3.63) is 52.3 Å². The minimum Gasteiger partial charge on any atom is -0.319 e. The van der Waals surface area contributed by atoms with Gasteiger partial charge in [-0.3, -0.25) is 4.79 Å². The number of ketones is 1. The second-order valence-corrected chi connectivity index (χ2v) is 6.70. The number of aromatic nitrogens is 1. The highest BCUT2D eigenvalue weighted by molar-refractivity contribution is 6.30. The van der Waals surface area contributed by atoms with Crippen molar-refractivity contribution >= 4 is 17.4 Å². The Kier molecular flexibility index (Phi) is 3.15. The predicted molar refractivity (Wildman–Crippen MR) is 81.9 cm³/mol. The summed E-state index contributed by atoms with van der Waals surface area (Å²) in [5, 5.41) is 9.87. The lowest BCUT2D eigenvalue weighted by atomic mass is 9.76. The van der Waals surface area contributed by atoms with Crippen LogP contribution in [0.5, 0.6) is 0 Å². The zero-order chi connectivity index (χ0) is 15.2. The molecule has 1 aliphatic rings. The maximum absolute atomic E-state index is 12.3. The van der Waals surface area contributed by atoms with Crippen molar-refractivity contribution in [3.63, 3.8) is 0 Å². The summed E-state index contributed by atoms with van der Waals surface area (Å²) in [6.45, 7) is 4.18. The molecule has 106 valence electrons. The summed E-state index contributed by atoms with van der Waals surface area (Å²) in [7, 11) is 0. The molecule has 0 bridgehead atoms. The van der Waals surface area contributed by atoms with E-state index >= 15 is 0 Å². The maximum Gasteiger partial charge on any atom is 0.165 e. The Morgan fingerprint density at radius 3 is 2.76 bits per heavy atom. The van der Waals surface area contributed by atoms with Crippen molar-refractivity contribution in [2.24, 2.45) is 5.41 Å². The quantitative estimate of drug-likeness (QED) is 0.793. The first-order valence-corrected chi connectivity index (χ1v) is 7.22. The lowest BCUT2D eigenvalue weighted by Gasteiger charge is -2.29. The molecule has 3 nitrogen and oxygen atoms in total. The van der Waals surface area contributed by atoms with Gasteiger partial charge >= 0.3 is 0 Å². The Balaban J connectivity index is 2.21. The van der Waals surface area contributed by atoms with Crippen molar-refractivity contribution in [2.45, 2.75) is 26.7 Å². The van der Waals surface area contributed by atoms with E-state index in [0.29, 0.717) is 17.0 Å². The number of halogens is 1. The molecule has 0 spiro atoms. The molecule has 0 saturated carbocycles. The lowest BCUT2D eigenvalue weighted by molar-refractivity contribution is 0.0911. The third-order valence-electron chi connectivity index (χ3n) is 3.92. The minimum atomic E-state index is -0.0639. The molecule has 0 fully saturated rings. The first kappa shape index (κ1) is 13.9. The summed E-state index contributed by atoms with van der Waals surface area (Å²) in [6.07, 6.45) is 3.22. The van der Waals surface area contributed by atoms with Crippen LogP contribution in [0.25, 0.3) is 5.69 Å². The third-order valence-corrected chi connectivity index (χ3v) is 4.15. The van der Waals surface area contributed by atoms with E-state index in [1.54, 1.807) is 18.2 Å². The predicted octanol–water partition coefficient (Wildman–Crippen LogP) is 4.16. The molecule has 0 atom stereocenters. The Hall–Kier alpha value is -2.05. The third kappa shape index (κ3) is 2.36. The van der Waals surface area contributed by atoms with Crippen LogP contribution in [0.3, 0.4) is 0 Å². The Morgan fingerprint density at radius 1 is 1.29 bits per heavy atom. The molecule has 0 radical (unpaired) electrons. The van der Waals surface area contributed by atoms with Gasteiger partial charge in [-0.2, -0.15) is 5.26 Å². The smallest absolute Gasteiger partial charge is 0.165 e. The fraction of sp³-hybridized carbons (Fsp3) is 0.294. The van der Waals surface area contributed by atoms with Gasteiger partial charge in [-0.15, -0.1) is 0 Å². The lowest BCUT2D eigenvalue weighted by Crippen LogP contribution is -2.27. The van der Waals surface area contributed by atoms with Crippen LogP contribution < -0.4 is 0 Å². The molecule has 1 heterocycles. The maximum atomic E-state index is 12.3. The number of rotatable bonds is 1. The van der Waals surface area contributed by atoms with Crippen LogP contribution in [-0.2, 0) is 6.42 Å². The van der Waals surface area contributed by atoms with E-state index in [1.807, 2.05) is 16.8 Å². The van der Waals surface area contributed by atoms with E-state index in [9.17, 15) is 10.1 Å². The zero-order valence-corrected chi connectivity index (χ0v) is 12.7. The average molecular weight is 299 g/mol. The zero-order valence-electron chi connectivity index (χ0n) is 12.0. The second kappa shape index (κ2) is 4.75. The molecule has 0 amide bonds. The fourth-order valence-corrected chi connectivity index (χ4v) is 3.14. The van der Waals surface area contributed by atoms with Gasteiger partial charge in [0, 0.05) is 28.9 Å². The number of carbonyl (C=O) groups is 1. The largest absolute Gasteiger partial charge is 0.319 e. The molecule has 1 aliphatic carbocycles. The van der Waals surface area contributed by atoms with E-state index in [2.05, 4.69) is 19.9 Å². The number of benzene rings is 1. The summed E-state index contributed by atoms with van der Waals surface area (Å²) < 4.78 is 1.93. The van der Waals surface area contributed by atoms with E-state index in [4.69, 9.17) is 11.6 Å². The number of nitrogens with zero attached hydrogens (tertiary/aromatic N) is 2. The van der Waals surface area contributed by atoms with Gasteiger partial charge in [0.2, 0.25) is 0 Å². The van der Waals surface area contributed by atoms with Crippen LogP contribution in [-0.4, -0.2) is 10.4 Å². The van der Waals surface area contributed by atoms with Crippen molar-refractivity contribution in [1.82, 2.24) is 4.57 Å². The van der Waals surface area contributed by atoms with E-state index < -0.39 is 0 Å². The van der Waals surface area contributed by atoms with Crippen LogP contribution >= 0.6 is 11.6 Å². The van der Waals surface area contributed by atoms with Crippen LogP contribution in [0.15, 0.2) is 30.5 Å². The van der Waals surface area contributed by atoms with Gasteiger partial charge in [0.05, 0.1) is 11.3 Å². The SMILES string of the molecule is CC1(C)CC(=O)c2ccn(-c3cc(Cl)ccc3C#N)c2C1. The monoisotopic (exact) mass is 298 g/mol. The Morgan fingerprint density at radius 2 is 2.05 bits per heavy atom. The first-order valence-electron chi connectivity index (χ1n) is 6.85. The summed E-state index contributed by atoms with van der Waals surface area (Å²) >= 11 is 6.07. The van der Waals surface area contributed by atoms with Crippen LogP contribution in [0.1, 0.15) is 41.9 Å². The van der Waals surface area contributed by atoms with Crippen molar-refractivity contribution in [1.29, 1.82) is 5.26 Å². The number of fused-ring (bicyclic) bond motifs is 1. The summed E-state index contributed by atoms with van der Waals surface area (Å²) in [5.74, 6) is 0.167. The van der Waals surface area contributed by atoms with Crippen LogP contribution in [0.2, 0.25) is 5.02 Å². The van der Waals surface area contributed by atoms with Gasteiger partial charge < -0.3 is 4.57 Å². The van der Waals surface area contributed by atoms with Gasteiger partial charge in [-0.25, -0.2) is 0 Å². The Labute approximate surface area is 128 Å². The van der Waals surface area contributed by atoms with E-state index in [1.165, 1.54) is 0 Å². The van der Waals surface area contributed by atoms with Gasteiger partial charge in [-0.05, 0) is 36.1 Å². The highest BCUT2D eigenvalue weighted by Gasteiger charge is 2.33. The highest BCUT2D eigenvalue weighted by atomic mass is 35.5. The molecule has 0 unspecified atom stereocenters. The molecule has 21 heavy (non-hydrogen) atoms. The number of hydrogen-bond acceptors (Lipinski definition) is 2. The van der Waals surface area contributed by atoms with Gasteiger partial charge in [-0.1, -0.05) is 25.4 Å². The average Bonchev–Trinajstić information content (AvgIpc) is 2.80.